The van der Waals surface area contributed by atoms with Crippen LogP contribution in [0.15, 0.2) is 64.1 Å². The maximum Gasteiger partial charge on any atom is 0.318 e. The Bertz CT molecular complexity index is 978. The maximum absolute atomic E-state index is 12.5. The lowest BCUT2D eigenvalue weighted by Crippen LogP contribution is -2.24. The number of amides is 2. The van der Waals surface area contributed by atoms with E-state index in [1.165, 1.54) is 37.6 Å². The van der Waals surface area contributed by atoms with Crippen LogP contribution in [0.3, 0.4) is 0 Å². The second kappa shape index (κ2) is 6.25. The number of furan rings is 1. The van der Waals surface area contributed by atoms with Crippen LogP contribution in [-0.4, -0.2) is 21.5 Å². The van der Waals surface area contributed by atoms with Crippen LogP contribution in [0.4, 0.5) is 16.2 Å². The van der Waals surface area contributed by atoms with Crippen LogP contribution in [0.25, 0.3) is 11.0 Å². The molecule has 0 aliphatic heterocycles. The van der Waals surface area contributed by atoms with Crippen LogP contribution < -0.4 is 15.4 Å². The van der Waals surface area contributed by atoms with E-state index in [0.717, 1.165) is 0 Å². The first-order valence-corrected chi connectivity index (χ1v) is 8.56. The predicted molar refractivity (Wildman–Crippen MR) is 91.5 cm³/mol. The summed E-state index contributed by atoms with van der Waals surface area (Å²) in [4.78, 5) is 11.3. The van der Waals surface area contributed by atoms with E-state index in [-0.39, 0.29) is 10.9 Å². The Balaban J connectivity index is 1.85. The normalized spacial score (nSPS) is 11.2. The molecular formula is C16H15N3O4S. The van der Waals surface area contributed by atoms with Crippen molar-refractivity contribution in [1.82, 2.24) is 5.32 Å². The summed E-state index contributed by atoms with van der Waals surface area (Å²) >= 11 is 0. The SMILES string of the molecule is CNC(=O)Nc1ccc(S(=O)(=O)Nc2cccc3occc23)cc1. The van der Waals surface area contributed by atoms with Gasteiger partial charge in [-0.3, -0.25) is 4.72 Å². The fourth-order valence-electron chi connectivity index (χ4n) is 2.20. The van der Waals surface area contributed by atoms with Gasteiger partial charge in [0, 0.05) is 18.1 Å². The number of nitrogens with one attached hydrogen (secondary N) is 3. The molecule has 0 saturated carbocycles. The number of rotatable bonds is 4. The average Bonchev–Trinajstić information content (AvgIpc) is 3.05. The lowest BCUT2D eigenvalue weighted by atomic mass is 10.2. The van der Waals surface area contributed by atoms with Crippen LogP contribution in [0.1, 0.15) is 0 Å². The van der Waals surface area contributed by atoms with Gasteiger partial charge in [-0.1, -0.05) is 6.07 Å². The molecule has 0 bridgehead atoms. The first kappa shape index (κ1) is 15.9. The molecule has 0 fully saturated rings. The van der Waals surface area contributed by atoms with Crippen molar-refractivity contribution in [2.45, 2.75) is 4.90 Å². The Morgan fingerprint density at radius 1 is 1.04 bits per heavy atom. The van der Waals surface area contributed by atoms with Crippen LogP contribution >= 0.6 is 0 Å². The van der Waals surface area contributed by atoms with Gasteiger partial charge in [0.05, 0.1) is 16.8 Å². The standard InChI is InChI=1S/C16H15N3O4S/c1-17-16(20)18-11-5-7-12(8-6-11)24(21,22)19-14-3-2-4-15-13(14)9-10-23-15/h2-10,19H,1H3,(H2,17,18,20). The highest BCUT2D eigenvalue weighted by atomic mass is 32.2. The van der Waals surface area contributed by atoms with Gasteiger partial charge in [0.25, 0.3) is 10.0 Å². The van der Waals surface area contributed by atoms with Crippen LogP contribution in [0, 0.1) is 0 Å². The van der Waals surface area contributed by atoms with Gasteiger partial charge in [-0.25, -0.2) is 13.2 Å². The molecule has 0 unspecified atom stereocenters. The van der Waals surface area contributed by atoms with Gasteiger partial charge in [-0.05, 0) is 42.5 Å². The van der Waals surface area contributed by atoms with Crippen molar-refractivity contribution in [3.63, 3.8) is 0 Å². The highest BCUT2D eigenvalue weighted by molar-refractivity contribution is 7.92. The van der Waals surface area contributed by atoms with Gasteiger partial charge >= 0.3 is 6.03 Å². The summed E-state index contributed by atoms with van der Waals surface area (Å²) in [6, 6.07) is 12.3. The van der Waals surface area contributed by atoms with Crippen molar-refractivity contribution in [1.29, 1.82) is 0 Å². The summed E-state index contributed by atoms with van der Waals surface area (Å²) in [7, 11) is -2.26. The zero-order valence-electron chi connectivity index (χ0n) is 12.7. The van der Waals surface area contributed by atoms with Crippen molar-refractivity contribution in [3.8, 4) is 0 Å². The molecule has 0 spiro atoms. The lowest BCUT2D eigenvalue weighted by Gasteiger charge is -2.10. The topological polar surface area (TPSA) is 100 Å². The summed E-state index contributed by atoms with van der Waals surface area (Å²) in [5.41, 5.74) is 1.53. The molecule has 1 aromatic heterocycles. The Morgan fingerprint density at radius 3 is 2.50 bits per heavy atom. The summed E-state index contributed by atoms with van der Waals surface area (Å²) in [5, 5.41) is 5.66. The number of hydrogen-bond donors (Lipinski definition) is 3. The minimum Gasteiger partial charge on any atom is -0.464 e. The van der Waals surface area contributed by atoms with Gasteiger partial charge < -0.3 is 15.1 Å². The zero-order chi connectivity index (χ0) is 17.2. The molecule has 2 aromatic carbocycles. The predicted octanol–water partition coefficient (Wildman–Crippen LogP) is 2.98. The maximum atomic E-state index is 12.5. The van der Waals surface area contributed by atoms with Crippen molar-refractivity contribution in [2.75, 3.05) is 17.1 Å². The smallest absolute Gasteiger partial charge is 0.318 e. The Labute approximate surface area is 138 Å². The van der Waals surface area contributed by atoms with E-state index in [0.29, 0.717) is 22.3 Å². The molecule has 0 radical (unpaired) electrons. The van der Waals surface area contributed by atoms with E-state index in [4.69, 9.17) is 4.42 Å². The third kappa shape index (κ3) is 3.18. The summed E-state index contributed by atoms with van der Waals surface area (Å²) in [6.45, 7) is 0. The van der Waals surface area contributed by atoms with E-state index in [2.05, 4.69) is 15.4 Å². The molecule has 8 heteroatoms. The zero-order valence-corrected chi connectivity index (χ0v) is 13.6. The van der Waals surface area contributed by atoms with Crippen molar-refractivity contribution < 1.29 is 17.6 Å². The molecule has 3 aromatic rings. The summed E-state index contributed by atoms with van der Waals surface area (Å²) < 4.78 is 32.8. The number of carbonyl (C=O) groups excluding carboxylic acids is 1. The number of urea groups is 1. The van der Waals surface area contributed by atoms with E-state index in [9.17, 15) is 13.2 Å². The fraction of sp³-hybridized carbons (Fsp3) is 0.0625. The second-order valence-electron chi connectivity index (χ2n) is 4.97. The van der Waals surface area contributed by atoms with E-state index < -0.39 is 10.0 Å². The van der Waals surface area contributed by atoms with Gasteiger partial charge in [0.2, 0.25) is 0 Å². The van der Waals surface area contributed by atoms with E-state index in [1.807, 2.05) is 0 Å². The lowest BCUT2D eigenvalue weighted by molar-refractivity contribution is 0.254. The monoisotopic (exact) mass is 345 g/mol. The molecule has 2 amide bonds. The van der Waals surface area contributed by atoms with E-state index >= 15 is 0 Å². The molecule has 1 heterocycles. The highest BCUT2D eigenvalue weighted by Gasteiger charge is 2.16. The number of anilines is 2. The van der Waals surface area contributed by atoms with E-state index in [1.54, 1.807) is 24.3 Å². The second-order valence-corrected chi connectivity index (χ2v) is 6.65. The van der Waals surface area contributed by atoms with Crippen molar-refractivity contribution in [3.05, 3.63) is 54.8 Å². The molecule has 0 saturated heterocycles. The van der Waals surface area contributed by atoms with Gasteiger partial charge in [0.1, 0.15) is 5.58 Å². The molecule has 24 heavy (non-hydrogen) atoms. The Hall–Kier alpha value is -3.00. The highest BCUT2D eigenvalue weighted by Crippen LogP contribution is 2.26. The largest absolute Gasteiger partial charge is 0.464 e. The van der Waals surface area contributed by atoms with Gasteiger partial charge in [-0.2, -0.15) is 0 Å². The minimum atomic E-state index is -3.75. The Morgan fingerprint density at radius 2 is 1.79 bits per heavy atom. The van der Waals surface area contributed by atoms with Gasteiger partial charge in [-0.15, -0.1) is 0 Å². The van der Waals surface area contributed by atoms with Crippen LogP contribution in [0.2, 0.25) is 0 Å². The fourth-order valence-corrected chi connectivity index (χ4v) is 3.28. The molecule has 0 aliphatic carbocycles. The molecular weight excluding hydrogens is 330 g/mol. The number of sulfonamides is 1. The molecule has 3 N–H and O–H groups in total. The Kier molecular flexibility index (Phi) is 4.13. The summed E-state index contributed by atoms with van der Waals surface area (Å²) in [5.74, 6) is 0. The third-order valence-corrected chi connectivity index (χ3v) is 4.77. The molecule has 0 atom stereocenters. The molecule has 124 valence electrons. The molecule has 0 aliphatic rings. The first-order chi connectivity index (χ1) is 11.5. The third-order valence-electron chi connectivity index (χ3n) is 3.39. The quantitative estimate of drug-likeness (QED) is 0.677. The first-order valence-electron chi connectivity index (χ1n) is 7.07. The van der Waals surface area contributed by atoms with Crippen molar-refractivity contribution in [2.24, 2.45) is 0 Å². The van der Waals surface area contributed by atoms with Crippen LogP contribution in [-0.2, 0) is 10.0 Å². The molecule has 3 rings (SSSR count). The van der Waals surface area contributed by atoms with Crippen LogP contribution in [0.5, 0.6) is 0 Å². The van der Waals surface area contributed by atoms with Gasteiger partial charge in [0.15, 0.2) is 0 Å². The van der Waals surface area contributed by atoms with Crippen molar-refractivity contribution >= 4 is 38.4 Å². The number of benzene rings is 2. The number of hydrogen-bond acceptors (Lipinski definition) is 4. The molecule has 7 nitrogen and oxygen atoms in total. The number of carbonyl (C=O) groups is 1. The minimum absolute atomic E-state index is 0.0884. The average molecular weight is 345 g/mol. The summed E-state index contributed by atoms with van der Waals surface area (Å²) in [6.07, 6.45) is 1.50. The number of fused-ring (bicyclic) bond motifs is 1.